The second kappa shape index (κ2) is 5.08. The van der Waals surface area contributed by atoms with Crippen LogP contribution >= 0.6 is 0 Å². The van der Waals surface area contributed by atoms with Crippen LogP contribution in [0.15, 0.2) is 67.1 Å². The average Bonchev–Trinajstić information content (AvgIpc) is 3.12. The zero-order valence-corrected chi connectivity index (χ0v) is 15.3. The number of fused-ring (bicyclic) bond motifs is 8. The van der Waals surface area contributed by atoms with Gasteiger partial charge in [0.15, 0.2) is 0 Å². The van der Waals surface area contributed by atoms with Gasteiger partial charge in [-0.2, -0.15) is 0 Å². The molecule has 4 aromatic rings. The van der Waals surface area contributed by atoms with Crippen molar-refractivity contribution in [1.29, 1.82) is 0 Å². The molecule has 132 valence electrons. The summed E-state index contributed by atoms with van der Waals surface area (Å²) >= 11 is 0. The van der Waals surface area contributed by atoms with E-state index in [1.54, 1.807) is 0 Å². The van der Waals surface area contributed by atoms with E-state index in [-0.39, 0.29) is 0 Å². The van der Waals surface area contributed by atoms with Crippen molar-refractivity contribution < 1.29 is 0 Å². The highest BCUT2D eigenvalue weighted by molar-refractivity contribution is 5.93. The van der Waals surface area contributed by atoms with Crippen LogP contribution in [0.1, 0.15) is 33.5 Å². The van der Waals surface area contributed by atoms with Crippen molar-refractivity contribution in [2.75, 3.05) is 4.90 Å². The molecule has 3 nitrogen and oxygen atoms in total. The Labute approximate surface area is 163 Å². The monoisotopic (exact) mass is 359 g/mol. The Kier molecular flexibility index (Phi) is 2.64. The maximum Gasteiger partial charge on any atom is 0.0716 e. The minimum atomic E-state index is 0.891. The molecule has 0 bridgehead atoms. The Bertz CT molecular complexity index is 1310. The highest BCUT2D eigenvalue weighted by Crippen LogP contribution is 2.53. The number of nitrogens with zero attached hydrogens (tertiary/aromatic N) is 3. The van der Waals surface area contributed by atoms with Crippen LogP contribution in [0.4, 0.5) is 17.1 Å². The molecule has 0 N–H and O–H groups in total. The minimum absolute atomic E-state index is 0.891. The van der Waals surface area contributed by atoms with Crippen LogP contribution in [0.5, 0.6) is 0 Å². The van der Waals surface area contributed by atoms with Crippen LogP contribution in [0.2, 0.25) is 0 Å². The normalized spacial score (nSPS) is 14.6. The molecule has 4 heterocycles. The van der Waals surface area contributed by atoms with Crippen molar-refractivity contribution in [2.45, 2.75) is 19.3 Å². The minimum Gasteiger partial charge on any atom is -0.306 e. The molecule has 0 unspecified atom stereocenters. The van der Waals surface area contributed by atoms with Crippen molar-refractivity contribution >= 4 is 17.1 Å². The highest BCUT2D eigenvalue weighted by Gasteiger charge is 2.35. The third-order valence-corrected chi connectivity index (χ3v) is 6.44. The zero-order valence-electron chi connectivity index (χ0n) is 15.3. The van der Waals surface area contributed by atoms with Crippen LogP contribution in [-0.2, 0) is 19.3 Å². The summed E-state index contributed by atoms with van der Waals surface area (Å²) in [6.45, 7) is 0. The van der Waals surface area contributed by atoms with Crippen molar-refractivity contribution in [3.8, 4) is 11.1 Å². The summed E-state index contributed by atoms with van der Waals surface area (Å²) in [7, 11) is 0. The van der Waals surface area contributed by atoms with Gasteiger partial charge in [-0.05, 0) is 63.6 Å². The third-order valence-electron chi connectivity index (χ3n) is 6.44. The van der Waals surface area contributed by atoms with E-state index in [2.05, 4.69) is 58.4 Å². The molecule has 7 rings (SSSR count). The number of benzene rings is 2. The molecule has 0 radical (unpaired) electrons. The number of aromatic nitrogens is 2. The molecule has 0 saturated carbocycles. The van der Waals surface area contributed by atoms with E-state index in [4.69, 9.17) is 4.98 Å². The maximum absolute atomic E-state index is 4.80. The lowest BCUT2D eigenvalue weighted by atomic mass is 9.86. The second-order valence-corrected chi connectivity index (χ2v) is 7.89. The summed E-state index contributed by atoms with van der Waals surface area (Å²) < 4.78 is 0. The summed E-state index contributed by atoms with van der Waals surface area (Å²) in [4.78, 5) is 11.7. The van der Waals surface area contributed by atoms with E-state index >= 15 is 0 Å². The van der Waals surface area contributed by atoms with Gasteiger partial charge in [0.2, 0.25) is 0 Å². The fraction of sp³-hybridized carbons (Fsp3) is 0.120. The SMILES string of the molecule is c1ccc2c(c1)Cc1ccc3c(c1-2)Cc1nccc2c1N3c1cnccc1C2. The van der Waals surface area contributed by atoms with Crippen molar-refractivity contribution in [1.82, 2.24) is 9.97 Å². The van der Waals surface area contributed by atoms with Gasteiger partial charge >= 0.3 is 0 Å². The molecule has 0 fully saturated rings. The number of hydrogen-bond acceptors (Lipinski definition) is 3. The van der Waals surface area contributed by atoms with Gasteiger partial charge in [0.1, 0.15) is 0 Å². The van der Waals surface area contributed by atoms with Crippen LogP contribution < -0.4 is 4.90 Å². The molecule has 3 heteroatoms. The molecule has 0 amide bonds. The van der Waals surface area contributed by atoms with Gasteiger partial charge < -0.3 is 4.90 Å². The van der Waals surface area contributed by atoms with Gasteiger partial charge in [0.05, 0.1) is 29.0 Å². The predicted octanol–water partition coefficient (Wildman–Crippen LogP) is 5.33. The number of pyridine rings is 2. The molecule has 0 atom stereocenters. The zero-order chi connectivity index (χ0) is 18.2. The lowest BCUT2D eigenvalue weighted by Crippen LogP contribution is -2.26. The average molecular weight is 359 g/mol. The first-order chi connectivity index (χ1) is 13.9. The lowest BCUT2D eigenvalue weighted by molar-refractivity contribution is 0.955. The van der Waals surface area contributed by atoms with E-state index in [1.807, 2.05) is 18.6 Å². The topological polar surface area (TPSA) is 29.0 Å². The van der Waals surface area contributed by atoms with E-state index in [0.29, 0.717) is 0 Å². The fourth-order valence-electron chi connectivity index (χ4n) is 5.28. The van der Waals surface area contributed by atoms with Gasteiger partial charge in [0, 0.05) is 25.2 Å². The summed E-state index contributed by atoms with van der Waals surface area (Å²) in [5.41, 5.74) is 14.7. The number of hydrogen-bond donors (Lipinski definition) is 0. The molecule has 3 aliphatic rings. The highest BCUT2D eigenvalue weighted by atomic mass is 15.2. The largest absolute Gasteiger partial charge is 0.306 e. The molecule has 1 aliphatic carbocycles. The van der Waals surface area contributed by atoms with E-state index in [0.717, 1.165) is 19.3 Å². The Morgan fingerprint density at radius 1 is 0.714 bits per heavy atom. The van der Waals surface area contributed by atoms with Gasteiger partial charge in [-0.15, -0.1) is 0 Å². The Balaban J connectivity index is 1.56. The molecule has 2 aliphatic heterocycles. The first kappa shape index (κ1) is 14.6. The summed E-state index contributed by atoms with van der Waals surface area (Å²) in [5.74, 6) is 0. The quantitative estimate of drug-likeness (QED) is 0.367. The standard InChI is InChI=1S/C25H17N3/c1-2-4-19-15(3-1)11-17-5-6-22-20(24(17)19)13-21-25-18(8-10-27-21)12-16-7-9-26-14-23(16)28(22)25/h1-10,14H,11-13H2. The summed E-state index contributed by atoms with van der Waals surface area (Å²) in [6.07, 6.45) is 8.74. The molecular weight excluding hydrogens is 342 g/mol. The number of rotatable bonds is 0. The van der Waals surface area contributed by atoms with Crippen LogP contribution in [0.25, 0.3) is 11.1 Å². The van der Waals surface area contributed by atoms with Gasteiger partial charge in [-0.1, -0.05) is 30.3 Å². The van der Waals surface area contributed by atoms with Crippen molar-refractivity contribution in [3.05, 3.63) is 101 Å². The molecule has 0 spiro atoms. The Hall–Kier alpha value is -3.46. The smallest absolute Gasteiger partial charge is 0.0716 e. The molecular formula is C25H17N3. The number of anilines is 3. The second-order valence-electron chi connectivity index (χ2n) is 7.89. The molecule has 28 heavy (non-hydrogen) atoms. The first-order valence-corrected chi connectivity index (χ1v) is 9.81. The molecule has 0 saturated heterocycles. The van der Waals surface area contributed by atoms with E-state index < -0.39 is 0 Å². The van der Waals surface area contributed by atoms with E-state index in [9.17, 15) is 0 Å². The molecule has 2 aromatic carbocycles. The predicted molar refractivity (Wildman–Crippen MR) is 111 cm³/mol. The van der Waals surface area contributed by atoms with Crippen molar-refractivity contribution in [3.63, 3.8) is 0 Å². The third kappa shape index (κ3) is 1.74. The van der Waals surface area contributed by atoms with Crippen LogP contribution in [-0.4, -0.2) is 9.97 Å². The Morgan fingerprint density at radius 3 is 2.61 bits per heavy atom. The fourth-order valence-corrected chi connectivity index (χ4v) is 5.28. The summed E-state index contributed by atoms with van der Waals surface area (Å²) in [5, 5.41) is 0. The van der Waals surface area contributed by atoms with E-state index in [1.165, 1.54) is 61.7 Å². The van der Waals surface area contributed by atoms with Gasteiger partial charge in [-0.25, -0.2) is 0 Å². The Morgan fingerprint density at radius 2 is 1.61 bits per heavy atom. The molecule has 2 aromatic heterocycles. The van der Waals surface area contributed by atoms with Gasteiger partial charge in [-0.3, -0.25) is 9.97 Å². The van der Waals surface area contributed by atoms with Gasteiger partial charge in [0.25, 0.3) is 0 Å². The first-order valence-electron chi connectivity index (χ1n) is 9.81. The maximum atomic E-state index is 4.80. The lowest BCUT2D eigenvalue weighted by Gasteiger charge is -2.39. The van der Waals surface area contributed by atoms with Crippen LogP contribution in [0.3, 0.4) is 0 Å². The van der Waals surface area contributed by atoms with Crippen LogP contribution in [0, 0.1) is 0 Å². The summed E-state index contributed by atoms with van der Waals surface area (Å²) in [6, 6.07) is 17.8. The van der Waals surface area contributed by atoms with Crippen molar-refractivity contribution in [2.24, 2.45) is 0 Å².